The number of carbonyl (C=O) groups is 2. The van der Waals surface area contributed by atoms with Crippen LogP contribution in [0.2, 0.25) is 0 Å². The van der Waals surface area contributed by atoms with Crippen molar-refractivity contribution in [3.05, 3.63) is 59.4 Å². The molecule has 112 valence electrons. The lowest BCUT2D eigenvalue weighted by atomic mass is 10.00. The molecule has 0 aromatic heterocycles. The number of benzene rings is 2. The van der Waals surface area contributed by atoms with Gasteiger partial charge in [0, 0.05) is 23.5 Å². The van der Waals surface area contributed by atoms with Crippen LogP contribution in [-0.4, -0.2) is 18.5 Å². The number of halogens is 1. The molecule has 1 aliphatic rings. The van der Waals surface area contributed by atoms with Crippen LogP contribution < -0.4 is 16.0 Å². The summed E-state index contributed by atoms with van der Waals surface area (Å²) in [7, 11) is 0. The molecule has 0 aliphatic carbocycles. The predicted molar refractivity (Wildman–Crippen MR) is 81.5 cm³/mol. The van der Waals surface area contributed by atoms with Gasteiger partial charge in [0.15, 0.2) is 0 Å². The first-order chi connectivity index (χ1) is 10.6. The molecule has 1 aliphatic heterocycles. The highest BCUT2D eigenvalue weighted by Crippen LogP contribution is 2.19. The van der Waals surface area contributed by atoms with E-state index < -0.39 is 6.03 Å². The summed E-state index contributed by atoms with van der Waals surface area (Å²) in [5.74, 6) is -0.504. The van der Waals surface area contributed by atoms with Crippen molar-refractivity contribution in [2.24, 2.45) is 0 Å². The average Bonchev–Trinajstić information content (AvgIpc) is 2.50. The summed E-state index contributed by atoms with van der Waals surface area (Å²) in [5.41, 5.74) is 2.55. The third-order valence-corrected chi connectivity index (χ3v) is 3.39. The van der Waals surface area contributed by atoms with E-state index in [1.807, 2.05) is 6.07 Å². The molecular formula is C16H14FN3O2. The third-order valence-electron chi connectivity index (χ3n) is 3.39. The largest absolute Gasteiger partial charge is 0.352 e. The van der Waals surface area contributed by atoms with E-state index >= 15 is 0 Å². The Bertz CT molecular complexity index is 729. The number of rotatable bonds is 2. The summed E-state index contributed by atoms with van der Waals surface area (Å²) in [5, 5.41) is 8.00. The molecule has 0 unspecified atom stereocenters. The molecular weight excluding hydrogens is 285 g/mol. The molecule has 0 saturated heterocycles. The zero-order valence-electron chi connectivity index (χ0n) is 11.7. The maximum absolute atomic E-state index is 12.8. The summed E-state index contributed by atoms with van der Waals surface area (Å²) in [6.45, 7) is 0.629. The van der Waals surface area contributed by atoms with Gasteiger partial charge in [-0.3, -0.25) is 4.79 Å². The highest BCUT2D eigenvalue weighted by atomic mass is 19.1. The van der Waals surface area contributed by atoms with Crippen molar-refractivity contribution in [1.82, 2.24) is 5.32 Å². The Morgan fingerprint density at radius 2 is 1.73 bits per heavy atom. The summed E-state index contributed by atoms with van der Waals surface area (Å²) in [6.07, 6.45) is 0.781. The molecule has 1 heterocycles. The van der Waals surface area contributed by atoms with Crippen LogP contribution in [0.15, 0.2) is 42.5 Å². The molecule has 0 saturated carbocycles. The van der Waals surface area contributed by atoms with Gasteiger partial charge in [0.25, 0.3) is 5.91 Å². The number of hydrogen-bond acceptors (Lipinski definition) is 2. The number of nitrogens with one attached hydrogen (secondary N) is 3. The topological polar surface area (TPSA) is 70.2 Å². The smallest absolute Gasteiger partial charge is 0.323 e. The van der Waals surface area contributed by atoms with Gasteiger partial charge < -0.3 is 16.0 Å². The molecule has 3 N–H and O–H groups in total. The predicted octanol–water partition coefficient (Wildman–Crippen LogP) is 2.76. The molecule has 2 aromatic rings. The first-order valence-corrected chi connectivity index (χ1v) is 6.86. The summed E-state index contributed by atoms with van der Waals surface area (Å²) in [4.78, 5) is 23.7. The molecule has 6 heteroatoms. The zero-order chi connectivity index (χ0) is 15.5. The Balaban J connectivity index is 1.70. The van der Waals surface area contributed by atoms with Gasteiger partial charge in [0.05, 0.1) is 0 Å². The van der Waals surface area contributed by atoms with Gasteiger partial charge in [0.1, 0.15) is 5.82 Å². The first kappa shape index (κ1) is 14.1. The van der Waals surface area contributed by atoms with Crippen molar-refractivity contribution in [3.8, 4) is 0 Å². The van der Waals surface area contributed by atoms with Crippen LogP contribution in [0.25, 0.3) is 0 Å². The SMILES string of the molecule is O=C(Nc1ccc(F)cc1)Nc1ccc2c(c1)C(=O)NCC2. The van der Waals surface area contributed by atoms with Crippen molar-refractivity contribution in [1.29, 1.82) is 0 Å². The second-order valence-electron chi connectivity index (χ2n) is 4.96. The second-order valence-corrected chi connectivity index (χ2v) is 4.96. The molecule has 0 spiro atoms. The molecule has 3 amide bonds. The number of hydrogen-bond donors (Lipinski definition) is 3. The van der Waals surface area contributed by atoms with Crippen LogP contribution in [0.5, 0.6) is 0 Å². The molecule has 0 atom stereocenters. The van der Waals surface area contributed by atoms with Crippen molar-refractivity contribution in [3.63, 3.8) is 0 Å². The van der Waals surface area contributed by atoms with Gasteiger partial charge in [-0.25, -0.2) is 9.18 Å². The van der Waals surface area contributed by atoms with E-state index in [1.165, 1.54) is 24.3 Å². The minimum Gasteiger partial charge on any atom is -0.352 e. The van der Waals surface area contributed by atoms with E-state index in [2.05, 4.69) is 16.0 Å². The van der Waals surface area contributed by atoms with Crippen molar-refractivity contribution in [2.45, 2.75) is 6.42 Å². The first-order valence-electron chi connectivity index (χ1n) is 6.86. The number of amides is 3. The van der Waals surface area contributed by atoms with Crippen LogP contribution >= 0.6 is 0 Å². The minimum absolute atomic E-state index is 0.135. The van der Waals surface area contributed by atoms with E-state index in [9.17, 15) is 14.0 Å². The Hall–Kier alpha value is -2.89. The Morgan fingerprint density at radius 1 is 1.05 bits per heavy atom. The normalized spacial score (nSPS) is 13.0. The van der Waals surface area contributed by atoms with E-state index in [0.29, 0.717) is 23.5 Å². The van der Waals surface area contributed by atoms with E-state index in [1.54, 1.807) is 12.1 Å². The van der Waals surface area contributed by atoms with Gasteiger partial charge in [0.2, 0.25) is 0 Å². The van der Waals surface area contributed by atoms with Gasteiger partial charge in [-0.2, -0.15) is 0 Å². The molecule has 0 bridgehead atoms. The number of carbonyl (C=O) groups excluding carboxylic acids is 2. The highest BCUT2D eigenvalue weighted by Gasteiger charge is 2.17. The van der Waals surface area contributed by atoms with Crippen LogP contribution in [0.1, 0.15) is 15.9 Å². The number of urea groups is 1. The van der Waals surface area contributed by atoms with Crippen molar-refractivity contribution >= 4 is 23.3 Å². The van der Waals surface area contributed by atoms with Crippen LogP contribution in [0, 0.1) is 5.82 Å². The summed E-state index contributed by atoms with van der Waals surface area (Å²) in [6, 6.07) is 10.2. The second kappa shape index (κ2) is 5.85. The zero-order valence-corrected chi connectivity index (χ0v) is 11.7. The third kappa shape index (κ3) is 3.06. The standard InChI is InChI=1S/C16H14FN3O2/c17-11-2-5-12(6-3-11)19-16(22)20-13-4-1-10-7-8-18-15(21)14(10)9-13/h1-6,9H,7-8H2,(H,18,21)(H2,19,20,22). The lowest BCUT2D eigenvalue weighted by Crippen LogP contribution is -2.32. The summed E-state index contributed by atoms with van der Waals surface area (Å²) < 4.78 is 12.8. The monoisotopic (exact) mass is 299 g/mol. The Morgan fingerprint density at radius 3 is 2.50 bits per heavy atom. The lowest BCUT2D eigenvalue weighted by molar-refractivity contribution is 0.0946. The van der Waals surface area contributed by atoms with Crippen molar-refractivity contribution < 1.29 is 14.0 Å². The minimum atomic E-state index is -0.456. The molecule has 3 rings (SSSR count). The fourth-order valence-corrected chi connectivity index (χ4v) is 2.32. The Labute approximate surface area is 126 Å². The quantitative estimate of drug-likeness (QED) is 0.798. The molecule has 0 fully saturated rings. The average molecular weight is 299 g/mol. The fourth-order valence-electron chi connectivity index (χ4n) is 2.32. The van der Waals surface area contributed by atoms with Gasteiger partial charge in [-0.15, -0.1) is 0 Å². The highest BCUT2D eigenvalue weighted by molar-refractivity contribution is 6.02. The number of anilines is 2. The van der Waals surface area contributed by atoms with Crippen LogP contribution in [0.3, 0.4) is 0 Å². The van der Waals surface area contributed by atoms with Gasteiger partial charge in [-0.05, 0) is 48.4 Å². The van der Waals surface area contributed by atoms with E-state index in [-0.39, 0.29) is 11.7 Å². The molecule has 2 aromatic carbocycles. The van der Waals surface area contributed by atoms with Crippen LogP contribution in [-0.2, 0) is 6.42 Å². The molecule has 22 heavy (non-hydrogen) atoms. The lowest BCUT2D eigenvalue weighted by Gasteiger charge is -2.17. The summed E-state index contributed by atoms with van der Waals surface area (Å²) >= 11 is 0. The van der Waals surface area contributed by atoms with E-state index in [0.717, 1.165) is 12.0 Å². The number of fused-ring (bicyclic) bond motifs is 1. The van der Waals surface area contributed by atoms with Crippen LogP contribution in [0.4, 0.5) is 20.6 Å². The van der Waals surface area contributed by atoms with Gasteiger partial charge in [-0.1, -0.05) is 6.07 Å². The van der Waals surface area contributed by atoms with Crippen molar-refractivity contribution in [2.75, 3.05) is 17.2 Å². The van der Waals surface area contributed by atoms with Gasteiger partial charge >= 0.3 is 6.03 Å². The maximum atomic E-state index is 12.8. The maximum Gasteiger partial charge on any atom is 0.323 e. The van der Waals surface area contributed by atoms with E-state index in [4.69, 9.17) is 0 Å². The molecule has 5 nitrogen and oxygen atoms in total. The Kier molecular flexibility index (Phi) is 3.74. The fraction of sp³-hybridized carbons (Fsp3) is 0.125. The molecule has 0 radical (unpaired) electrons.